The summed E-state index contributed by atoms with van der Waals surface area (Å²) in [4.78, 5) is 0. The monoisotopic (exact) mass is 177 g/mol. The highest BCUT2D eigenvalue weighted by atomic mass is 19.1. The van der Waals surface area contributed by atoms with Crippen molar-refractivity contribution in [2.45, 2.75) is 6.42 Å². The number of rotatable bonds is 2. The summed E-state index contributed by atoms with van der Waals surface area (Å²) in [6.45, 7) is 0. The molecule has 0 bridgehead atoms. The minimum atomic E-state index is -0.322. The number of nitrogens with two attached hydrogens (primary N) is 1. The maximum atomic E-state index is 12.5. The Hall–Kier alpha value is -1.89. The van der Waals surface area contributed by atoms with Crippen molar-refractivity contribution in [2.75, 3.05) is 0 Å². The molecule has 1 rings (SSSR count). The highest BCUT2D eigenvalue weighted by molar-refractivity contribution is 6.01. The first-order chi connectivity index (χ1) is 6.27. The second-order valence-corrected chi connectivity index (χ2v) is 2.42. The molecule has 0 fully saturated rings. The van der Waals surface area contributed by atoms with Gasteiger partial charge in [-0.25, -0.2) is 4.39 Å². The number of hydrogen-bond acceptors (Lipinski definition) is 3. The van der Waals surface area contributed by atoms with Gasteiger partial charge >= 0.3 is 0 Å². The van der Waals surface area contributed by atoms with E-state index in [0.29, 0.717) is 11.3 Å². The Balaban J connectivity index is 2.95. The van der Waals surface area contributed by atoms with Gasteiger partial charge in [0.2, 0.25) is 0 Å². The van der Waals surface area contributed by atoms with Gasteiger partial charge < -0.3 is 5.84 Å². The van der Waals surface area contributed by atoms with Crippen molar-refractivity contribution in [3.05, 3.63) is 35.6 Å². The summed E-state index contributed by atoms with van der Waals surface area (Å²) in [6.07, 6.45) is 0.127. The molecule has 0 aliphatic rings. The Kier molecular flexibility index (Phi) is 2.98. The fraction of sp³-hybridized carbons (Fsp3) is 0.111. The van der Waals surface area contributed by atoms with Crippen molar-refractivity contribution in [1.82, 2.24) is 0 Å². The average Bonchev–Trinajstić information content (AvgIpc) is 2.16. The summed E-state index contributed by atoms with van der Waals surface area (Å²) in [5.41, 5.74) is 1.13. The Bertz CT molecular complexity index is 348. The summed E-state index contributed by atoms with van der Waals surface area (Å²) in [5, 5.41) is 11.9. The molecule has 0 amide bonds. The van der Waals surface area contributed by atoms with Crippen LogP contribution in [0, 0.1) is 17.1 Å². The SMILES string of the molecule is N#CC/C(=N\N)c1ccc(F)cc1. The molecule has 0 aromatic heterocycles. The van der Waals surface area contributed by atoms with Crippen molar-refractivity contribution >= 4 is 5.71 Å². The number of hydrogen-bond donors (Lipinski definition) is 1. The molecule has 0 aliphatic carbocycles. The quantitative estimate of drug-likeness (QED) is 0.421. The molecule has 1 aromatic carbocycles. The molecular formula is C9H8FN3. The van der Waals surface area contributed by atoms with Gasteiger partial charge in [-0.1, -0.05) is 12.1 Å². The lowest BCUT2D eigenvalue weighted by molar-refractivity contribution is 0.628. The molecule has 0 spiro atoms. The van der Waals surface area contributed by atoms with Crippen LogP contribution in [-0.2, 0) is 0 Å². The van der Waals surface area contributed by atoms with E-state index in [4.69, 9.17) is 11.1 Å². The Morgan fingerprint density at radius 3 is 2.54 bits per heavy atom. The average molecular weight is 177 g/mol. The van der Waals surface area contributed by atoms with Crippen LogP contribution in [0.2, 0.25) is 0 Å². The van der Waals surface area contributed by atoms with E-state index in [2.05, 4.69) is 5.10 Å². The lowest BCUT2D eigenvalue weighted by Gasteiger charge is -1.99. The van der Waals surface area contributed by atoms with Crippen LogP contribution < -0.4 is 5.84 Å². The molecule has 0 saturated heterocycles. The summed E-state index contributed by atoms with van der Waals surface area (Å²) in [5.74, 6) is 4.75. The number of nitrogens with zero attached hydrogens (tertiary/aromatic N) is 2. The first-order valence-corrected chi connectivity index (χ1v) is 3.67. The Morgan fingerprint density at radius 1 is 1.46 bits per heavy atom. The molecule has 4 heteroatoms. The van der Waals surface area contributed by atoms with E-state index in [1.54, 1.807) is 12.1 Å². The number of halogens is 1. The topological polar surface area (TPSA) is 62.2 Å². The zero-order valence-corrected chi connectivity index (χ0v) is 6.87. The maximum Gasteiger partial charge on any atom is 0.123 e. The van der Waals surface area contributed by atoms with Gasteiger partial charge in [-0.3, -0.25) is 0 Å². The van der Waals surface area contributed by atoms with Crippen LogP contribution in [-0.4, -0.2) is 5.71 Å². The van der Waals surface area contributed by atoms with E-state index in [1.165, 1.54) is 12.1 Å². The summed E-state index contributed by atoms with van der Waals surface area (Å²) >= 11 is 0. The minimum absolute atomic E-state index is 0.127. The first-order valence-electron chi connectivity index (χ1n) is 3.67. The molecule has 66 valence electrons. The van der Waals surface area contributed by atoms with Crippen LogP contribution in [0.25, 0.3) is 0 Å². The number of nitriles is 1. The van der Waals surface area contributed by atoms with Gasteiger partial charge in [-0.05, 0) is 17.7 Å². The third kappa shape index (κ3) is 2.27. The largest absolute Gasteiger partial charge is 0.323 e. The van der Waals surface area contributed by atoms with Crippen molar-refractivity contribution in [1.29, 1.82) is 5.26 Å². The molecule has 0 unspecified atom stereocenters. The molecule has 0 heterocycles. The molecule has 3 nitrogen and oxygen atoms in total. The number of hydrazone groups is 1. The molecule has 0 radical (unpaired) electrons. The van der Waals surface area contributed by atoms with Crippen molar-refractivity contribution in [3.8, 4) is 6.07 Å². The van der Waals surface area contributed by atoms with Gasteiger partial charge in [-0.2, -0.15) is 10.4 Å². The maximum absolute atomic E-state index is 12.5. The summed E-state index contributed by atoms with van der Waals surface area (Å²) in [7, 11) is 0. The molecule has 0 aliphatic heterocycles. The summed E-state index contributed by atoms with van der Waals surface area (Å²) in [6, 6.07) is 7.61. The van der Waals surface area contributed by atoms with Crippen LogP contribution in [0.15, 0.2) is 29.4 Å². The fourth-order valence-corrected chi connectivity index (χ4v) is 0.939. The zero-order valence-electron chi connectivity index (χ0n) is 6.87. The van der Waals surface area contributed by atoms with Crippen molar-refractivity contribution in [2.24, 2.45) is 10.9 Å². The van der Waals surface area contributed by atoms with Crippen LogP contribution in [0.5, 0.6) is 0 Å². The highest BCUT2D eigenvalue weighted by Gasteiger charge is 2.02. The highest BCUT2D eigenvalue weighted by Crippen LogP contribution is 2.05. The van der Waals surface area contributed by atoms with Gasteiger partial charge in [-0.15, -0.1) is 0 Å². The summed E-state index contributed by atoms with van der Waals surface area (Å²) < 4.78 is 12.5. The lowest BCUT2D eigenvalue weighted by Crippen LogP contribution is -2.03. The van der Waals surface area contributed by atoms with E-state index < -0.39 is 0 Å². The zero-order chi connectivity index (χ0) is 9.68. The molecule has 0 atom stereocenters. The van der Waals surface area contributed by atoms with Gasteiger partial charge in [0.1, 0.15) is 5.82 Å². The minimum Gasteiger partial charge on any atom is -0.323 e. The molecule has 13 heavy (non-hydrogen) atoms. The Morgan fingerprint density at radius 2 is 2.08 bits per heavy atom. The van der Waals surface area contributed by atoms with E-state index in [1.807, 2.05) is 6.07 Å². The van der Waals surface area contributed by atoms with Crippen molar-refractivity contribution < 1.29 is 4.39 Å². The van der Waals surface area contributed by atoms with E-state index in [-0.39, 0.29) is 12.2 Å². The second kappa shape index (κ2) is 4.21. The van der Waals surface area contributed by atoms with E-state index in [0.717, 1.165) is 0 Å². The van der Waals surface area contributed by atoms with Gasteiger partial charge in [0.25, 0.3) is 0 Å². The van der Waals surface area contributed by atoms with Gasteiger partial charge in [0.15, 0.2) is 0 Å². The fourth-order valence-electron chi connectivity index (χ4n) is 0.939. The standard InChI is InChI=1S/C9H8FN3/c10-8-3-1-7(2-4-8)9(13-12)5-6-11/h1-4H,5,12H2/b13-9+. The van der Waals surface area contributed by atoms with E-state index >= 15 is 0 Å². The molecule has 2 N–H and O–H groups in total. The van der Waals surface area contributed by atoms with Gasteiger partial charge in [0, 0.05) is 0 Å². The molecule has 0 saturated carbocycles. The van der Waals surface area contributed by atoms with Crippen LogP contribution in [0.3, 0.4) is 0 Å². The normalized spacial score (nSPS) is 10.9. The second-order valence-electron chi connectivity index (χ2n) is 2.42. The van der Waals surface area contributed by atoms with Gasteiger partial charge in [0.05, 0.1) is 18.2 Å². The third-order valence-electron chi connectivity index (χ3n) is 1.58. The predicted molar refractivity (Wildman–Crippen MR) is 47.4 cm³/mol. The smallest absolute Gasteiger partial charge is 0.123 e. The lowest BCUT2D eigenvalue weighted by atomic mass is 10.1. The third-order valence-corrected chi connectivity index (χ3v) is 1.58. The first kappa shape index (κ1) is 9.20. The Labute approximate surface area is 75.3 Å². The predicted octanol–water partition coefficient (Wildman–Crippen LogP) is 1.40. The van der Waals surface area contributed by atoms with Crippen LogP contribution in [0.4, 0.5) is 4.39 Å². The van der Waals surface area contributed by atoms with Crippen LogP contribution in [0.1, 0.15) is 12.0 Å². The number of benzene rings is 1. The van der Waals surface area contributed by atoms with Crippen LogP contribution >= 0.6 is 0 Å². The van der Waals surface area contributed by atoms with Crippen molar-refractivity contribution in [3.63, 3.8) is 0 Å². The molecular weight excluding hydrogens is 169 g/mol. The van der Waals surface area contributed by atoms with E-state index in [9.17, 15) is 4.39 Å². The molecule has 1 aromatic rings.